The van der Waals surface area contributed by atoms with E-state index in [0.717, 1.165) is 20.8 Å². The standard InChI is InChI=1S/C18H18N4OS2/c1-18(8-16(23)22(2)17(20)21-18)10-3-4-13-11(7-10)12(9-24-13)14-5-6-15(19)25-14/h3-7,9H,8,19H2,1-2H3,(H2,20,21)/t18-/m0/s1. The van der Waals surface area contributed by atoms with Crippen LogP contribution in [0.1, 0.15) is 18.9 Å². The Bertz CT molecular complexity index is 1020. The van der Waals surface area contributed by atoms with Gasteiger partial charge in [-0.2, -0.15) is 0 Å². The number of thiophene rings is 2. The molecule has 1 amide bonds. The van der Waals surface area contributed by atoms with Crippen molar-refractivity contribution in [1.82, 2.24) is 4.90 Å². The summed E-state index contributed by atoms with van der Waals surface area (Å²) in [5.74, 6) is 0.238. The quantitative estimate of drug-likeness (QED) is 0.723. The summed E-state index contributed by atoms with van der Waals surface area (Å²) in [5.41, 5.74) is 13.4. The summed E-state index contributed by atoms with van der Waals surface area (Å²) in [6, 6.07) is 10.2. The zero-order valence-corrected chi connectivity index (χ0v) is 15.6. The maximum Gasteiger partial charge on any atom is 0.231 e. The van der Waals surface area contributed by atoms with Crippen LogP contribution in [-0.2, 0) is 10.3 Å². The fourth-order valence-corrected chi connectivity index (χ4v) is 4.95. The molecule has 5 nitrogen and oxygen atoms in total. The van der Waals surface area contributed by atoms with E-state index in [4.69, 9.17) is 11.5 Å². The lowest BCUT2D eigenvalue weighted by atomic mass is 9.87. The van der Waals surface area contributed by atoms with Crippen LogP contribution in [0.4, 0.5) is 5.00 Å². The predicted octanol–water partition coefficient (Wildman–Crippen LogP) is 3.60. The minimum absolute atomic E-state index is 0.0216. The van der Waals surface area contributed by atoms with Crippen LogP contribution in [-0.4, -0.2) is 23.8 Å². The van der Waals surface area contributed by atoms with Crippen molar-refractivity contribution in [3.8, 4) is 10.4 Å². The number of nitrogen functional groups attached to an aromatic ring is 1. The van der Waals surface area contributed by atoms with Gasteiger partial charge in [0.1, 0.15) is 0 Å². The van der Waals surface area contributed by atoms with E-state index in [1.165, 1.54) is 15.2 Å². The van der Waals surface area contributed by atoms with Crippen LogP contribution in [0.15, 0.2) is 40.7 Å². The molecule has 7 heteroatoms. The molecule has 0 aliphatic carbocycles. The minimum atomic E-state index is -0.643. The number of guanidine groups is 1. The van der Waals surface area contributed by atoms with Crippen molar-refractivity contribution < 1.29 is 4.79 Å². The molecule has 1 aliphatic rings. The number of rotatable bonds is 2. The van der Waals surface area contributed by atoms with E-state index in [9.17, 15) is 4.79 Å². The Morgan fingerprint density at radius 2 is 2.04 bits per heavy atom. The van der Waals surface area contributed by atoms with Crippen LogP contribution in [0.5, 0.6) is 0 Å². The van der Waals surface area contributed by atoms with E-state index in [0.29, 0.717) is 6.42 Å². The Kier molecular flexibility index (Phi) is 3.59. The number of fused-ring (bicyclic) bond motifs is 1. The maximum absolute atomic E-state index is 12.3. The Balaban J connectivity index is 1.85. The topological polar surface area (TPSA) is 84.7 Å². The van der Waals surface area contributed by atoms with E-state index in [-0.39, 0.29) is 11.9 Å². The summed E-state index contributed by atoms with van der Waals surface area (Å²) >= 11 is 3.28. The Labute approximate surface area is 153 Å². The molecule has 2 aromatic heterocycles. The van der Waals surface area contributed by atoms with Crippen molar-refractivity contribution in [2.24, 2.45) is 10.7 Å². The molecule has 0 unspecified atom stereocenters. The minimum Gasteiger partial charge on any atom is -0.391 e. The molecule has 1 aliphatic heterocycles. The molecule has 3 aromatic rings. The van der Waals surface area contributed by atoms with E-state index in [1.807, 2.05) is 25.1 Å². The highest BCUT2D eigenvalue weighted by atomic mass is 32.1. The highest BCUT2D eigenvalue weighted by Gasteiger charge is 2.36. The molecule has 0 fully saturated rings. The number of anilines is 1. The van der Waals surface area contributed by atoms with Crippen molar-refractivity contribution >= 4 is 49.6 Å². The third-order valence-corrected chi connectivity index (χ3v) is 6.57. The van der Waals surface area contributed by atoms with Gasteiger partial charge in [0.15, 0.2) is 5.96 Å². The second kappa shape index (κ2) is 5.57. The number of carbonyl (C=O) groups excluding carboxylic acids is 1. The first-order chi connectivity index (χ1) is 11.9. The zero-order chi connectivity index (χ0) is 17.8. The van der Waals surface area contributed by atoms with Crippen molar-refractivity contribution in [2.75, 3.05) is 12.8 Å². The van der Waals surface area contributed by atoms with Crippen LogP contribution in [0.2, 0.25) is 0 Å². The monoisotopic (exact) mass is 370 g/mol. The average molecular weight is 371 g/mol. The molecule has 0 saturated heterocycles. The summed E-state index contributed by atoms with van der Waals surface area (Å²) in [5, 5.41) is 4.11. The van der Waals surface area contributed by atoms with Crippen LogP contribution in [0.25, 0.3) is 20.5 Å². The van der Waals surface area contributed by atoms with Crippen molar-refractivity contribution in [2.45, 2.75) is 18.9 Å². The molecule has 4 N–H and O–H groups in total. The van der Waals surface area contributed by atoms with Gasteiger partial charge in [0.25, 0.3) is 0 Å². The van der Waals surface area contributed by atoms with Crippen LogP contribution >= 0.6 is 22.7 Å². The van der Waals surface area contributed by atoms with E-state index < -0.39 is 5.54 Å². The largest absolute Gasteiger partial charge is 0.391 e. The van der Waals surface area contributed by atoms with Gasteiger partial charge >= 0.3 is 0 Å². The summed E-state index contributed by atoms with van der Waals surface area (Å²) < 4.78 is 1.20. The average Bonchev–Trinajstić information content (AvgIpc) is 3.17. The smallest absolute Gasteiger partial charge is 0.231 e. The van der Waals surface area contributed by atoms with Gasteiger partial charge in [-0.3, -0.25) is 9.69 Å². The lowest BCUT2D eigenvalue weighted by Gasteiger charge is -2.33. The highest BCUT2D eigenvalue weighted by Crippen LogP contribution is 2.41. The first kappa shape index (κ1) is 16.1. The third kappa shape index (κ3) is 2.60. The molecule has 1 atom stereocenters. The molecule has 1 aromatic carbocycles. The van der Waals surface area contributed by atoms with Crippen molar-refractivity contribution in [1.29, 1.82) is 0 Å². The van der Waals surface area contributed by atoms with Gasteiger partial charge in [-0.15, -0.1) is 22.7 Å². The molecule has 0 spiro atoms. The van der Waals surface area contributed by atoms with E-state index >= 15 is 0 Å². The number of nitrogens with zero attached hydrogens (tertiary/aromatic N) is 2. The molecular weight excluding hydrogens is 352 g/mol. The van der Waals surface area contributed by atoms with Gasteiger partial charge in [-0.05, 0) is 36.8 Å². The molecule has 0 radical (unpaired) electrons. The van der Waals surface area contributed by atoms with Gasteiger partial charge in [0, 0.05) is 33.0 Å². The summed E-state index contributed by atoms with van der Waals surface area (Å²) in [6.07, 6.45) is 0.307. The highest BCUT2D eigenvalue weighted by molar-refractivity contribution is 7.21. The molecule has 0 bridgehead atoms. The molecule has 3 heterocycles. The van der Waals surface area contributed by atoms with Crippen LogP contribution < -0.4 is 11.5 Å². The number of amides is 1. The first-order valence-corrected chi connectivity index (χ1v) is 9.56. The fourth-order valence-electron chi connectivity index (χ4n) is 3.13. The van der Waals surface area contributed by atoms with Crippen LogP contribution in [0.3, 0.4) is 0 Å². The molecule has 25 heavy (non-hydrogen) atoms. The molecule has 0 saturated carbocycles. The number of hydrogen-bond acceptors (Lipinski definition) is 6. The fraction of sp³-hybridized carbons (Fsp3) is 0.222. The Morgan fingerprint density at radius 1 is 1.24 bits per heavy atom. The van der Waals surface area contributed by atoms with Crippen LogP contribution in [0, 0.1) is 0 Å². The number of nitrogens with two attached hydrogens (primary N) is 2. The Hall–Kier alpha value is -2.38. The lowest BCUT2D eigenvalue weighted by molar-refractivity contribution is -0.128. The summed E-state index contributed by atoms with van der Waals surface area (Å²) in [7, 11) is 1.65. The SMILES string of the molecule is CN1C(=O)C[C@@](C)(c2ccc3scc(-c4ccc(N)s4)c3c2)N=C1N. The summed E-state index contributed by atoms with van der Waals surface area (Å²) in [6.45, 7) is 1.96. The number of aliphatic imine (C=N–C) groups is 1. The van der Waals surface area contributed by atoms with Gasteiger partial charge in [0.05, 0.1) is 17.0 Å². The van der Waals surface area contributed by atoms with Gasteiger partial charge < -0.3 is 11.5 Å². The lowest BCUT2D eigenvalue weighted by Crippen LogP contribution is -2.47. The second-order valence-corrected chi connectivity index (χ2v) is 8.46. The van der Waals surface area contributed by atoms with Gasteiger partial charge in [0.2, 0.25) is 5.91 Å². The third-order valence-electron chi connectivity index (χ3n) is 4.66. The predicted molar refractivity (Wildman–Crippen MR) is 106 cm³/mol. The maximum atomic E-state index is 12.3. The normalized spacial score (nSPS) is 21.0. The molecule has 128 valence electrons. The number of carbonyl (C=O) groups is 1. The van der Waals surface area contributed by atoms with Gasteiger partial charge in [-0.1, -0.05) is 6.07 Å². The number of benzene rings is 1. The van der Waals surface area contributed by atoms with Gasteiger partial charge in [-0.25, -0.2) is 4.99 Å². The first-order valence-electron chi connectivity index (χ1n) is 7.87. The van der Waals surface area contributed by atoms with E-state index in [1.54, 1.807) is 29.7 Å². The van der Waals surface area contributed by atoms with Crippen molar-refractivity contribution in [3.63, 3.8) is 0 Å². The molecule has 4 rings (SSSR count). The Morgan fingerprint density at radius 3 is 2.72 bits per heavy atom. The number of hydrogen-bond donors (Lipinski definition) is 2. The summed E-state index contributed by atoms with van der Waals surface area (Å²) in [4.78, 5) is 19.4. The zero-order valence-electron chi connectivity index (χ0n) is 13.9. The van der Waals surface area contributed by atoms with Crippen molar-refractivity contribution in [3.05, 3.63) is 41.3 Å². The molecular formula is C18H18N4OS2. The second-order valence-electron chi connectivity index (χ2n) is 6.44. The van der Waals surface area contributed by atoms with E-state index in [2.05, 4.69) is 22.5 Å².